The fraction of sp³-hybridized carbons (Fsp3) is 0.0625. The SMILES string of the molecule is Oc1ccc2ccccc2c1/N=N/c1ncc(C(F)(F)F)cc1Cl. The molecule has 1 N–H and O–H groups in total. The lowest BCUT2D eigenvalue weighted by atomic mass is 10.1. The minimum Gasteiger partial charge on any atom is -0.506 e. The Kier molecular flexibility index (Phi) is 4.11. The van der Waals surface area contributed by atoms with Gasteiger partial charge in [0.05, 0.1) is 10.6 Å². The molecule has 0 bridgehead atoms. The van der Waals surface area contributed by atoms with E-state index in [9.17, 15) is 18.3 Å². The van der Waals surface area contributed by atoms with Crippen LogP contribution in [-0.2, 0) is 6.18 Å². The van der Waals surface area contributed by atoms with E-state index in [1.54, 1.807) is 18.2 Å². The van der Waals surface area contributed by atoms with Crippen LogP contribution in [0.4, 0.5) is 24.7 Å². The van der Waals surface area contributed by atoms with Crippen LogP contribution in [0.25, 0.3) is 10.8 Å². The number of pyridine rings is 1. The van der Waals surface area contributed by atoms with Crippen LogP contribution in [0.3, 0.4) is 0 Å². The fourth-order valence-electron chi connectivity index (χ4n) is 2.11. The zero-order valence-electron chi connectivity index (χ0n) is 11.9. The first kappa shape index (κ1) is 16.2. The molecule has 2 aromatic carbocycles. The van der Waals surface area contributed by atoms with E-state index in [2.05, 4.69) is 15.2 Å². The van der Waals surface area contributed by atoms with Crippen molar-refractivity contribution in [1.82, 2.24) is 4.98 Å². The summed E-state index contributed by atoms with van der Waals surface area (Å²) in [7, 11) is 0. The number of hydrogen-bond acceptors (Lipinski definition) is 4. The molecule has 0 unspecified atom stereocenters. The van der Waals surface area contributed by atoms with E-state index < -0.39 is 11.7 Å². The summed E-state index contributed by atoms with van der Waals surface area (Å²) >= 11 is 5.78. The van der Waals surface area contributed by atoms with Gasteiger partial charge in [-0.25, -0.2) is 4.98 Å². The maximum atomic E-state index is 12.6. The number of halogens is 4. The quantitative estimate of drug-likeness (QED) is 0.573. The molecular formula is C16H9ClF3N3O. The van der Waals surface area contributed by atoms with Gasteiger partial charge < -0.3 is 5.11 Å². The number of alkyl halides is 3. The molecule has 1 heterocycles. The van der Waals surface area contributed by atoms with E-state index in [1.165, 1.54) is 6.07 Å². The minimum atomic E-state index is -4.54. The second-order valence-corrected chi connectivity index (χ2v) is 5.29. The molecule has 0 spiro atoms. The Bertz CT molecular complexity index is 941. The molecule has 3 aromatic rings. The van der Waals surface area contributed by atoms with Crippen LogP contribution in [0.2, 0.25) is 5.02 Å². The monoisotopic (exact) mass is 351 g/mol. The van der Waals surface area contributed by atoms with Gasteiger partial charge in [0, 0.05) is 11.6 Å². The summed E-state index contributed by atoms with van der Waals surface area (Å²) in [5.41, 5.74) is -0.787. The van der Waals surface area contributed by atoms with Crippen molar-refractivity contribution in [3.05, 3.63) is 59.2 Å². The standard InChI is InChI=1S/C16H9ClF3N3O/c17-12-7-10(16(18,19)20)8-21-15(12)23-22-14-11-4-2-1-3-9(11)5-6-13(14)24/h1-8,24H/b23-22+. The second-order valence-electron chi connectivity index (χ2n) is 4.88. The van der Waals surface area contributed by atoms with Gasteiger partial charge in [0.25, 0.3) is 0 Å². The van der Waals surface area contributed by atoms with Crippen LogP contribution in [-0.4, -0.2) is 10.1 Å². The Morgan fingerprint density at radius 3 is 2.50 bits per heavy atom. The van der Waals surface area contributed by atoms with Gasteiger partial charge in [0.1, 0.15) is 11.4 Å². The maximum absolute atomic E-state index is 12.6. The summed E-state index contributed by atoms with van der Waals surface area (Å²) in [6.07, 6.45) is -3.91. The van der Waals surface area contributed by atoms with Crippen molar-refractivity contribution in [1.29, 1.82) is 0 Å². The molecule has 4 nitrogen and oxygen atoms in total. The highest BCUT2D eigenvalue weighted by molar-refractivity contribution is 6.32. The van der Waals surface area contributed by atoms with E-state index >= 15 is 0 Å². The summed E-state index contributed by atoms with van der Waals surface area (Å²) in [6.45, 7) is 0. The van der Waals surface area contributed by atoms with Crippen LogP contribution in [0, 0.1) is 0 Å². The van der Waals surface area contributed by atoms with Gasteiger partial charge in [-0.1, -0.05) is 41.9 Å². The highest BCUT2D eigenvalue weighted by Gasteiger charge is 2.31. The molecule has 0 saturated heterocycles. The lowest BCUT2D eigenvalue weighted by molar-refractivity contribution is -0.137. The van der Waals surface area contributed by atoms with Gasteiger partial charge in [-0.3, -0.25) is 0 Å². The van der Waals surface area contributed by atoms with Crippen molar-refractivity contribution < 1.29 is 18.3 Å². The van der Waals surface area contributed by atoms with Gasteiger partial charge in [-0.2, -0.15) is 13.2 Å². The average Bonchev–Trinajstić information content (AvgIpc) is 2.54. The zero-order chi connectivity index (χ0) is 17.3. The molecule has 0 saturated carbocycles. The van der Waals surface area contributed by atoms with Gasteiger partial charge >= 0.3 is 6.18 Å². The Balaban J connectivity index is 2.02. The number of azo groups is 1. The number of nitrogens with zero attached hydrogens (tertiary/aromatic N) is 3. The molecule has 0 fully saturated rings. The molecule has 24 heavy (non-hydrogen) atoms. The summed E-state index contributed by atoms with van der Waals surface area (Å²) in [4.78, 5) is 3.58. The van der Waals surface area contributed by atoms with Gasteiger partial charge in [0.2, 0.25) is 0 Å². The summed E-state index contributed by atoms with van der Waals surface area (Å²) < 4.78 is 37.8. The molecule has 0 aliphatic rings. The first-order valence-corrected chi connectivity index (χ1v) is 7.09. The predicted molar refractivity (Wildman–Crippen MR) is 84.0 cm³/mol. The Morgan fingerprint density at radius 2 is 1.79 bits per heavy atom. The number of phenolic OH excluding ortho intramolecular Hbond substituents is 1. The number of hydrogen-bond donors (Lipinski definition) is 1. The molecule has 0 radical (unpaired) electrons. The summed E-state index contributed by atoms with van der Waals surface area (Å²) in [6, 6.07) is 11.1. The molecule has 0 amide bonds. The third-order valence-electron chi connectivity index (χ3n) is 3.27. The second kappa shape index (κ2) is 6.09. The van der Waals surface area contributed by atoms with Crippen LogP contribution in [0.5, 0.6) is 5.75 Å². The van der Waals surface area contributed by atoms with Gasteiger partial charge in [-0.15, -0.1) is 10.2 Å². The first-order chi connectivity index (χ1) is 11.4. The molecule has 0 aliphatic heterocycles. The molecule has 0 atom stereocenters. The van der Waals surface area contributed by atoms with Crippen molar-refractivity contribution in [2.24, 2.45) is 10.2 Å². The lowest BCUT2D eigenvalue weighted by Crippen LogP contribution is -2.05. The largest absolute Gasteiger partial charge is 0.506 e. The fourth-order valence-corrected chi connectivity index (χ4v) is 2.31. The number of rotatable bonds is 2. The number of phenols is 1. The lowest BCUT2D eigenvalue weighted by Gasteiger charge is -2.07. The molecule has 122 valence electrons. The number of fused-ring (bicyclic) bond motifs is 1. The smallest absolute Gasteiger partial charge is 0.417 e. The maximum Gasteiger partial charge on any atom is 0.417 e. The van der Waals surface area contributed by atoms with Crippen LogP contribution in [0.1, 0.15) is 5.56 Å². The average molecular weight is 352 g/mol. The van der Waals surface area contributed by atoms with Crippen LogP contribution >= 0.6 is 11.6 Å². The Labute approximate surface area is 139 Å². The zero-order valence-corrected chi connectivity index (χ0v) is 12.7. The van der Waals surface area contributed by atoms with Crippen LogP contribution < -0.4 is 0 Å². The van der Waals surface area contributed by atoms with Gasteiger partial charge in [-0.05, 0) is 17.5 Å². The topological polar surface area (TPSA) is 57.8 Å². The van der Waals surface area contributed by atoms with Crippen molar-refractivity contribution in [2.75, 3.05) is 0 Å². The molecular weight excluding hydrogens is 343 g/mol. The first-order valence-electron chi connectivity index (χ1n) is 6.71. The third kappa shape index (κ3) is 3.16. The van der Waals surface area contributed by atoms with Crippen molar-refractivity contribution in [2.45, 2.75) is 6.18 Å². The van der Waals surface area contributed by atoms with E-state index in [0.717, 1.165) is 11.5 Å². The number of aromatic hydroxyl groups is 1. The van der Waals surface area contributed by atoms with Crippen molar-refractivity contribution in [3.8, 4) is 5.75 Å². The van der Waals surface area contributed by atoms with E-state index in [-0.39, 0.29) is 22.3 Å². The van der Waals surface area contributed by atoms with E-state index in [4.69, 9.17) is 11.6 Å². The van der Waals surface area contributed by atoms with E-state index in [0.29, 0.717) is 11.6 Å². The predicted octanol–water partition coefficient (Wildman–Crippen LogP) is 6.03. The molecule has 1 aromatic heterocycles. The number of benzene rings is 2. The van der Waals surface area contributed by atoms with Crippen LogP contribution in [0.15, 0.2) is 58.9 Å². The molecule has 0 aliphatic carbocycles. The highest BCUT2D eigenvalue weighted by atomic mass is 35.5. The molecule has 3 rings (SSSR count). The van der Waals surface area contributed by atoms with Gasteiger partial charge in [0.15, 0.2) is 5.82 Å². The Hall–Kier alpha value is -2.67. The number of aromatic nitrogens is 1. The summed E-state index contributed by atoms with van der Waals surface area (Å²) in [5.74, 6) is -0.280. The summed E-state index contributed by atoms with van der Waals surface area (Å²) in [5, 5.41) is 18.8. The van der Waals surface area contributed by atoms with Crippen molar-refractivity contribution >= 4 is 33.9 Å². The third-order valence-corrected chi connectivity index (χ3v) is 3.55. The highest BCUT2D eigenvalue weighted by Crippen LogP contribution is 2.37. The van der Waals surface area contributed by atoms with Crippen molar-refractivity contribution in [3.63, 3.8) is 0 Å². The minimum absolute atomic E-state index is 0.111. The Morgan fingerprint density at radius 1 is 1.04 bits per heavy atom. The van der Waals surface area contributed by atoms with E-state index in [1.807, 2.05) is 12.1 Å². The molecule has 8 heteroatoms. The normalized spacial score (nSPS) is 12.2.